The Morgan fingerprint density at radius 1 is 1.20 bits per heavy atom. The number of carbonyl (C=O) groups excluding carboxylic acids is 1. The molecule has 0 radical (unpaired) electrons. The molecule has 2 rings (SSSR count). The molecule has 7 nitrogen and oxygen atoms in total. The molecule has 0 N–H and O–H groups in total. The number of benzene rings is 1. The van der Waals surface area contributed by atoms with Gasteiger partial charge < -0.3 is 14.5 Å². The van der Waals surface area contributed by atoms with Gasteiger partial charge in [-0.2, -0.15) is 4.31 Å². The number of carbonyl (C=O) groups is 1. The smallest absolute Gasteiger partial charge is 0.243 e. The summed E-state index contributed by atoms with van der Waals surface area (Å²) in [6.07, 6.45) is 0.456. The van der Waals surface area contributed by atoms with E-state index in [1.54, 1.807) is 30.2 Å². The first-order chi connectivity index (χ1) is 11.8. The Morgan fingerprint density at radius 3 is 2.36 bits per heavy atom. The molecule has 8 heteroatoms. The molecule has 1 aliphatic heterocycles. The molecule has 140 valence electrons. The number of sulfonamides is 1. The van der Waals surface area contributed by atoms with Gasteiger partial charge in [-0.25, -0.2) is 8.42 Å². The fraction of sp³-hybridized carbons (Fsp3) is 0.588. The van der Waals surface area contributed by atoms with Crippen LogP contribution in [0.3, 0.4) is 0 Å². The SMILES string of the molecule is COc1ccc(S(=O)(=O)N2CCN(C(=O)CCN(C)C)CC2)cc1C. The molecule has 1 aromatic rings. The first-order valence-electron chi connectivity index (χ1n) is 8.33. The van der Waals surface area contributed by atoms with Gasteiger partial charge in [-0.1, -0.05) is 0 Å². The van der Waals surface area contributed by atoms with Crippen molar-refractivity contribution in [2.75, 3.05) is 53.9 Å². The molecular formula is C17H27N3O4S. The molecule has 0 spiro atoms. The lowest BCUT2D eigenvalue weighted by Gasteiger charge is -2.34. The second-order valence-corrected chi connectivity index (χ2v) is 8.41. The maximum atomic E-state index is 12.8. The number of ether oxygens (including phenoxy) is 1. The van der Waals surface area contributed by atoms with E-state index in [1.165, 1.54) is 4.31 Å². The van der Waals surface area contributed by atoms with Crippen LogP contribution in [-0.2, 0) is 14.8 Å². The maximum absolute atomic E-state index is 12.8. The number of piperazine rings is 1. The van der Waals surface area contributed by atoms with Crippen LogP contribution >= 0.6 is 0 Å². The second-order valence-electron chi connectivity index (χ2n) is 6.47. The molecule has 0 saturated carbocycles. The largest absolute Gasteiger partial charge is 0.496 e. The summed E-state index contributed by atoms with van der Waals surface area (Å²) >= 11 is 0. The molecule has 1 aliphatic rings. The highest BCUT2D eigenvalue weighted by atomic mass is 32.2. The van der Waals surface area contributed by atoms with Crippen molar-refractivity contribution in [2.45, 2.75) is 18.2 Å². The van der Waals surface area contributed by atoms with Crippen molar-refractivity contribution in [1.29, 1.82) is 0 Å². The zero-order valence-electron chi connectivity index (χ0n) is 15.4. The quantitative estimate of drug-likeness (QED) is 0.741. The van der Waals surface area contributed by atoms with Gasteiger partial charge >= 0.3 is 0 Å². The summed E-state index contributed by atoms with van der Waals surface area (Å²) in [5.74, 6) is 0.737. The van der Waals surface area contributed by atoms with Crippen LogP contribution < -0.4 is 4.74 Å². The van der Waals surface area contributed by atoms with Gasteiger partial charge in [0, 0.05) is 39.1 Å². The molecule has 1 aromatic carbocycles. The van der Waals surface area contributed by atoms with Crippen LogP contribution in [-0.4, -0.2) is 82.4 Å². The van der Waals surface area contributed by atoms with Gasteiger partial charge in [0.05, 0.1) is 12.0 Å². The zero-order valence-corrected chi connectivity index (χ0v) is 16.2. The fourth-order valence-electron chi connectivity index (χ4n) is 2.82. The summed E-state index contributed by atoms with van der Waals surface area (Å²) in [5.41, 5.74) is 0.779. The molecule has 0 bridgehead atoms. The predicted molar refractivity (Wildman–Crippen MR) is 96.2 cm³/mol. The van der Waals surface area contributed by atoms with Crippen molar-refractivity contribution >= 4 is 15.9 Å². The molecule has 0 atom stereocenters. The Hall–Kier alpha value is -1.64. The third-order valence-corrected chi connectivity index (χ3v) is 6.26. The third kappa shape index (κ3) is 4.71. The number of aryl methyl sites for hydroxylation is 1. The Bertz CT molecular complexity index is 711. The molecule has 0 aliphatic carbocycles. The van der Waals surface area contributed by atoms with Gasteiger partial charge in [0.1, 0.15) is 5.75 Å². The van der Waals surface area contributed by atoms with Gasteiger partial charge in [0.2, 0.25) is 15.9 Å². The Morgan fingerprint density at radius 2 is 1.84 bits per heavy atom. The standard InChI is InChI=1S/C17H27N3O4S/c1-14-13-15(5-6-16(14)24-4)25(22,23)20-11-9-19(10-12-20)17(21)7-8-18(2)3/h5-6,13H,7-12H2,1-4H3. The molecule has 1 amide bonds. The molecule has 1 saturated heterocycles. The lowest BCUT2D eigenvalue weighted by Crippen LogP contribution is -2.50. The topological polar surface area (TPSA) is 70.2 Å². The Labute approximate surface area is 150 Å². The lowest BCUT2D eigenvalue weighted by atomic mass is 10.2. The summed E-state index contributed by atoms with van der Waals surface area (Å²) < 4.78 is 32.2. The first-order valence-corrected chi connectivity index (χ1v) is 9.77. The highest BCUT2D eigenvalue weighted by Crippen LogP contribution is 2.24. The van der Waals surface area contributed by atoms with Crippen LogP contribution in [0.4, 0.5) is 0 Å². The molecular weight excluding hydrogens is 342 g/mol. The van der Waals surface area contributed by atoms with E-state index in [0.717, 1.165) is 5.56 Å². The van der Waals surface area contributed by atoms with Crippen molar-refractivity contribution in [3.8, 4) is 5.75 Å². The van der Waals surface area contributed by atoms with Gasteiger partial charge in [-0.3, -0.25) is 4.79 Å². The van der Waals surface area contributed by atoms with Crippen LogP contribution in [0.15, 0.2) is 23.1 Å². The second kappa shape index (κ2) is 8.16. The minimum Gasteiger partial charge on any atom is -0.496 e. The van der Waals surface area contributed by atoms with Crippen LogP contribution in [0.25, 0.3) is 0 Å². The molecule has 0 unspecified atom stereocenters. The number of hydrogen-bond donors (Lipinski definition) is 0. The van der Waals surface area contributed by atoms with E-state index >= 15 is 0 Å². The monoisotopic (exact) mass is 369 g/mol. The van der Waals surface area contributed by atoms with Crippen LogP contribution in [0.2, 0.25) is 0 Å². The number of nitrogens with zero attached hydrogens (tertiary/aromatic N) is 3. The minimum absolute atomic E-state index is 0.0750. The predicted octanol–water partition coefficient (Wildman–Crippen LogP) is 0.788. The fourth-order valence-corrected chi connectivity index (χ4v) is 4.32. The summed E-state index contributed by atoms with van der Waals surface area (Å²) in [4.78, 5) is 16.1. The maximum Gasteiger partial charge on any atom is 0.243 e. The summed E-state index contributed by atoms with van der Waals surface area (Å²) in [5, 5.41) is 0. The number of rotatable bonds is 6. The number of amides is 1. The third-order valence-electron chi connectivity index (χ3n) is 4.37. The Kier molecular flexibility index (Phi) is 6.42. The summed E-state index contributed by atoms with van der Waals surface area (Å²) in [6.45, 7) is 4.02. The Balaban J connectivity index is 2.01. The molecule has 1 heterocycles. The van der Waals surface area contributed by atoms with Crippen molar-refractivity contribution in [3.63, 3.8) is 0 Å². The van der Waals surface area contributed by atoms with E-state index in [-0.39, 0.29) is 10.8 Å². The van der Waals surface area contributed by atoms with E-state index in [1.807, 2.05) is 25.9 Å². The number of methoxy groups -OCH3 is 1. The van der Waals surface area contributed by atoms with Crippen LogP contribution in [0.1, 0.15) is 12.0 Å². The van der Waals surface area contributed by atoms with E-state index < -0.39 is 10.0 Å². The summed E-state index contributed by atoms with van der Waals surface area (Å²) in [6, 6.07) is 4.86. The van der Waals surface area contributed by atoms with Gasteiger partial charge in [-0.05, 0) is 44.8 Å². The average Bonchev–Trinajstić information content (AvgIpc) is 2.59. The van der Waals surface area contributed by atoms with E-state index in [4.69, 9.17) is 4.74 Å². The number of hydrogen-bond acceptors (Lipinski definition) is 5. The highest BCUT2D eigenvalue weighted by Gasteiger charge is 2.30. The summed E-state index contributed by atoms with van der Waals surface area (Å²) in [7, 11) is 1.86. The minimum atomic E-state index is -3.55. The molecule has 0 aromatic heterocycles. The lowest BCUT2D eigenvalue weighted by molar-refractivity contribution is -0.132. The van der Waals surface area contributed by atoms with Crippen LogP contribution in [0.5, 0.6) is 5.75 Å². The van der Waals surface area contributed by atoms with Gasteiger partial charge in [-0.15, -0.1) is 0 Å². The highest BCUT2D eigenvalue weighted by molar-refractivity contribution is 7.89. The van der Waals surface area contributed by atoms with Gasteiger partial charge in [0.15, 0.2) is 0 Å². The van der Waals surface area contributed by atoms with Crippen molar-refractivity contribution in [1.82, 2.24) is 14.1 Å². The van der Waals surface area contributed by atoms with E-state index in [9.17, 15) is 13.2 Å². The zero-order chi connectivity index (χ0) is 18.6. The van der Waals surface area contributed by atoms with Crippen LogP contribution in [0, 0.1) is 6.92 Å². The molecule has 25 heavy (non-hydrogen) atoms. The molecule has 1 fully saturated rings. The van der Waals surface area contributed by atoms with E-state index in [0.29, 0.717) is 44.9 Å². The van der Waals surface area contributed by atoms with Gasteiger partial charge in [0.25, 0.3) is 0 Å². The van der Waals surface area contributed by atoms with E-state index in [2.05, 4.69) is 0 Å². The average molecular weight is 369 g/mol. The van der Waals surface area contributed by atoms with Crippen molar-refractivity contribution < 1.29 is 17.9 Å². The van der Waals surface area contributed by atoms with Crippen molar-refractivity contribution in [3.05, 3.63) is 23.8 Å². The first kappa shape index (κ1) is 19.7. The normalized spacial score (nSPS) is 16.3. The van der Waals surface area contributed by atoms with Crippen molar-refractivity contribution in [2.24, 2.45) is 0 Å².